The van der Waals surface area contributed by atoms with E-state index in [9.17, 15) is 4.79 Å². The number of carbonyl (C=O) groups excluding carboxylic acids is 1. The van der Waals surface area contributed by atoms with Gasteiger partial charge in [0.1, 0.15) is 24.9 Å². The van der Waals surface area contributed by atoms with E-state index in [0.29, 0.717) is 29.0 Å². The van der Waals surface area contributed by atoms with Crippen LogP contribution in [0.1, 0.15) is 17.7 Å². The Labute approximate surface area is 207 Å². The molecule has 0 atom stereocenters. The van der Waals surface area contributed by atoms with Gasteiger partial charge in [-0.25, -0.2) is 19.9 Å². The van der Waals surface area contributed by atoms with Crippen LogP contribution in [-0.2, 0) is 6.61 Å². The first-order valence-electron chi connectivity index (χ1n) is 7.79. The molecule has 0 fully saturated rings. The normalized spacial score (nSPS) is 9.57. The molecule has 0 saturated carbocycles. The van der Waals surface area contributed by atoms with E-state index in [2.05, 4.69) is 19.9 Å². The van der Waals surface area contributed by atoms with Gasteiger partial charge < -0.3 is 15.4 Å². The van der Waals surface area contributed by atoms with Crippen LogP contribution in [0, 0.1) is 0 Å². The third-order valence-electron chi connectivity index (χ3n) is 3.39. The summed E-state index contributed by atoms with van der Waals surface area (Å²) in [6, 6.07) is 6.70. The number of halogens is 2. The molecule has 4 heterocycles. The van der Waals surface area contributed by atoms with Gasteiger partial charge in [0, 0.05) is 31.9 Å². The number of nitrogens with zero attached hydrogens (tertiary/aromatic N) is 4. The molecule has 0 unspecified atom stereocenters. The summed E-state index contributed by atoms with van der Waals surface area (Å²) in [5.41, 5.74) is 2.78. The van der Waals surface area contributed by atoms with Gasteiger partial charge in [0.05, 0.1) is 11.4 Å². The van der Waals surface area contributed by atoms with Crippen molar-refractivity contribution in [1.82, 2.24) is 19.9 Å². The van der Waals surface area contributed by atoms with Crippen molar-refractivity contribution in [3.8, 4) is 22.5 Å². The standard InChI is InChI=1S/C9H7ClN2O2.C9H5ClN2O2.B.Na.H/c2*10-9-11-2-1-8(12-9)6-3-7(4-13)14-5-6;;;/h1-3,5,13H,4H2;1-5H;;;/q;;;+1;-1. The van der Waals surface area contributed by atoms with E-state index in [-0.39, 0.29) is 62.3 Å². The van der Waals surface area contributed by atoms with Crippen LogP contribution in [0.3, 0.4) is 0 Å². The van der Waals surface area contributed by atoms with Gasteiger partial charge in [0.25, 0.3) is 0 Å². The molecule has 30 heavy (non-hydrogen) atoms. The molecule has 0 spiro atoms. The number of hydrogen-bond donors (Lipinski definition) is 1. The van der Waals surface area contributed by atoms with Crippen molar-refractivity contribution in [1.29, 1.82) is 0 Å². The van der Waals surface area contributed by atoms with E-state index >= 15 is 0 Å². The van der Waals surface area contributed by atoms with Crippen LogP contribution in [0.25, 0.3) is 22.5 Å². The molecule has 4 rings (SSSR count). The van der Waals surface area contributed by atoms with Crippen LogP contribution < -0.4 is 29.6 Å². The van der Waals surface area contributed by atoms with Crippen molar-refractivity contribution in [3.63, 3.8) is 0 Å². The predicted molar refractivity (Wildman–Crippen MR) is 108 cm³/mol. The second kappa shape index (κ2) is 12.6. The Balaban J connectivity index is 0.000000529. The monoisotopic (exact) mass is 453 g/mol. The summed E-state index contributed by atoms with van der Waals surface area (Å²) in [5, 5.41) is 9.15. The summed E-state index contributed by atoms with van der Waals surface area (Å²) in [6.45, 7) is -0.126. The zero-order valence-electron chi connectivity index (χ0n) is 16.7. The number of aliphatic hydroxyl groups excluding tert-OH is 1. The third-order valence-corrected chi connectivity index (χ3v) is 3.75. The van der Waals surface area contributed by atoms with Crippen LogP contribution in [-0.4, -0.2) is 39.7 Å². The summed E-state index contributed by atoms with van der Waals surface area (Å²) in [6.07, 6.45) is 6.70. The Bertz CT molecular complexity index is 1100. The van der Waals surface area contributed by atoms with E-state index in [0.717, 1.165) is 5.56 Å². The molecule has 0 aliphatic rings. The fraction of sp³-hybridized carbons (Fsp3) is 0.0556. The maximum atomic E-state index is 10.4. The second-order valence-corrected chi connectivity index (χ2v) is 5.91. The smallest absolute Gasteiger partial charge is 1.00 e. The van der Waals surface area contributed by atoms with Crippen LogP contribution in [0.15, 0.2) is 58.0 Å². The number of aromatic nitrogens is 4. The Morgan fingerprint density at radius 1 is 0.967 bits per heavy atom. The molecule has 147 valence electrons. The fourth-order valence-corrected chi connectivity index (χ4v) is 2.43. The maximum Gasteiger partial charge on any atom is 1.00 e. The zero-order chi connectivity index (χ0) is 19.9. The zero-order valence-corrected chi connectivity index (χ0v) is 19.2. The molecule has 8 nitrogen and oxygen atoms in total. The first-order valence-corrected chi connectivity index (χ1v) is 8.54. The molecule has 0 saturated heterocycles. The van der Waals surface area contributed by atoms with Gasteiger partial charge in [-0.3, -0.25) is 4.79 Å². The van der Waals surface area contributed by atoms with Crippen LogP contribution in [0.2, 0.25) is 10.6 Å². The van der Waals surface area contributed by atoms with E-state index < -0.39 is 0 Å². The van der Waals surface area contributed by atoms with Gasteiger partial charge in [-0.2, -0.15) is 0 Å². The van der Waals surface area contributed by atoms with E-state index in [1.165, 1.54) is 18.7 Å². The van der Waals surface area contributed by atoms with Crippen molar-refractivity contribution >= 4 is 37.9 Å². The summed E-state index contributed by atoms with van der Waals surface area (Å²) >= 11 is 11.2. The third kappa shape index (κ3) is 7.05. The van der Waals surface area contributed by atoms with Crippen molar-refractivity contribution < 1.29 is 49.7 Å². The van der Waals surface area contributed by atoms with Crippen LogP contribution in [0.4, 0.5) is 0 Å². The Morgan fingerprint density at radius 3 is 1.93 bits per heavy atom. The van der Waals surface area contributed by atoms with Gasteiger partial charge in [-0.15, -0.1) is 0 Å². The maximum absolute atomic E-state index is 10.4. The van der Waals surface area contributed by atoms with E-state index in [4.69, 9.17) is 37.1 Å². The number of aldehydes is 1. The molecular weight excluding hydrogens is 441 g/mol. The van der Waals surface area contributed by atoms with Crippen LogP contribution in [0.5, 0.6) is 0 Å². The Morgan fingerprint density at radius 2 is 1.50 bits per heavy atom. The average molecular weight is 454 g/mol. The van der Waals surface area contributed by atoms with Gasteiger partial charge in [0.15, 0.2) is 12.0 Å². The quantitative estimate of drug-likeness (QED) is 0.274. The Hall–Kier alpha value is -2.01. The SMILES string of the molecule is O=Cc1cc(-c2ccnc(Cl)n2)co1.OCc1cc(-c2ccnc(Cl)n2)co1.[B].[H-].[Na+]. The van der Waals surface area contributed by atoms with Crippen molar-refractivity contribution in [2.24, 2.45) is 0 Å². The van der Waals surface area contributed by atoms with Crippen molar-refractivity contribution in [3.05, 3.63) is 71.3 Å². The van der Waals surface area contributed by atoms with Gasteiger partial charge in [-0.05, 0) is 47.5 Å². The molecule has 4 aromatic rings. The number of aliphatic hydroxyl groups is 1. The van der Waals surface area contributed by atoms with Gasteiger partial charge >= 0.3 is 29.6 Å². The minimum absolute atomic E-state index is 0. The number of furan rings is 2. The number of rotatable bonds is 4. The predicted octanol–water partition coefficient (Wildman–Crippen LogP) is 0.821. The number of hydrogen-bond acceptors (Lipinski definition) is 8. The van der Waals surface area contributed by atoms with Crippen molar-refractivity contribution in [2.75, 3.05) is 0 Å². The molecule has 3 radical (unpaired) electrons. The summed E-state index contributed by atoms with van der Waals surface area (Å²) < 4.78 is 9.99. The molecule has 0 aliphatic heterocycles. The molecule has 1 N–H and O–H groups in total. The average Bonchev–Trinajstić information content (AvgIpc) is 3.38. The van der Waals surface area contributed by atoms with E-state index in [1.807, 2.05) is 0 Å². The molecular formula is C18H13BCl2N4NaO4. The minimum Gasteiger partial charge on any atom is -1.00 e. The Kier molecular flexibility index (Phi) is 11.0. The first kappa shape index (κ1) is 26.0. The van der Waals surface area contributed by atoms with Crippen molar-refractivity contribution in [2.45, 2.75) is 6.61 Å². The topological polar surface area (TPSA) is 115 Å². The minimum atomic E-state index is -0.126. The summed E-state index contributed by atoms with van der Waals surface area (Å²) in [5.74, 6) is 0.754. The molecule has 0 bridgehead atoms. The van der Waals surface area contributed by atoms with E-state index in [1.54, 1.807) is 30.5 Å². The molecule has 0 aliphatic carbocycles. The van der Waals surface area contributed by atoms with Crippen LogP contribution >= 0.6 is 23.2 Å². The molecule has 0 amide bonds. The largest absolute Gasteiger partial charge is 1.00 e. The molecule has 4 aromatic heterocycles. The summed E-state index contributed by atoms with van der Waals surface area (Å²) in [7, 11) is 0. The fourth-order valence-electron chi connectivity index (χ4n) is 2.14. The molecule has 0 aromatic carbocycles. The first-order chi connectivity index (χ1) is 13.6. The molecule has 12 heteroatoms. The van der Waals surface area contributed by atoms with Gasteiger partial charge in [0.2, 0.25) is 10.6 Å². The second-order valence-electron chi connectivity index (χ2n) is 5.24. The number of carbonyl (C=O) groups is 1. The van der Waals surface area contributed by atoms with Gasteiger partial charge in [-0.1, -0.05) is 0 Å². The summed E-state index contributed by atoms with van der Waals surface area (Å²) in [4.78, 5) is 25.9.